The second-order valence-corrected chi connectivity index (χ2v) is 5.09. The molecule has 0 aliphatic heterocycles. The number of benzene rings is 1. The zero-order valence-corrected chi connectivity index (χ0v) is 12.2. The number of hydrogen-bond donors (Lipinski definition) is 1. The molecule has 0 spiro atoms. The van der Waals surface area contributed by atoms with E-state index in [2.05, 4.69) is 38.1 Å². The van der Waals surface area contributed by atoms with Crippen molar-refractivity contribution in [3.8, 4) is 0 Å². The lowest BCUT2D eigenvalue weighted by molar-refractivity contribution is 0.625. The third-order valence-electron chi connectivity index (χ3n) is 2.70. The number of hydrogen-bond acceptors (Lipinski definition) is 3. The molecule has 19 heavy (non-hydrogen) atoms. The molecular weight excluding hydrogens is 309 g/mol. The van der Waals surface area contributed by atoms with Crippen LogP contribution in [0.1, 0.15) is 24.6 Å². The zero-order chi connectivity index (χ0) is 13.7. The second kappa shape index (κ2) is 6.61. The molecule has 1 N–H and O–H groups in total. The molecule has 100 valence electrons. The highest BCUT2D eigenvalue weighted by Crippen LogP contribution is 2.19. The van der Waals surface area contributed by atoms with Crippen molar-refractivity contribution in [3.05, 3.63) is 52.1 Å². The third-order valence-corrected chi connectivity index (χ3v) is 3.47. The predicted octanol–water partition coefficient (Wildman–Crippen LogP) is 3.94. The van der Waals surface area contributed by atoms with Crippen molar-refractivity contribution in [2.24, 2.45) is 0 Å². The van der Waals surface area contributed by atoms with Crippen molar-refractivity contribution in [2.75, 3.05) is 5.32 Å². The minimum absolute atomic E-state index is 0.241. The second-order valence-electron chi connectivity index (χ2n) is 4.23. The molecule has 1 aromatic heterocycles. The van der Waals surface area contributed by atoms with E-state index < -0.39 is 0 Å². The Kier molecular flexibility index (Phi) is 4.85. The van der Waals surface area contributed by atoms with Crippen molar-refractivity contribution >= 4 is 21.7 Å². The fraction of sp³-hybridized carbons (Fsp3) is 0.286. The van der Waals surface area contributed by atoms with Gasteiger partial charge in [0.05, 0.1) is 0 Å². The molecule has 0 saturated carbocycles. The van der Waals surface area contributed by atoms with Gasteiger partial charge in [-0.15, -0.1) is 0 Å². The van der Waals surface area contributed by atoms with E-state index >= 15 is 0 Å². The Bertz CT molecular complexity index is 560. The smallest absolute Gasteiger partial charge is 0.129 e. The summed E-state index contributed by atoms with van der Waals surface area (Å²) in [7, 11) is 0. The Hall–Kier alpha value is -1.49. The third kappa shape index (κ3) is 3.99. The minimum atomic E-state index is -0.241. The van der Waals surface area contributed by atoms with Gasteiger partial charge in [-0.25, -0.2) is 14.4 Å². The molecule has 0 aliphatic carbocycles. The van der Waals surface area contributed by atoms with Crippen LogP contribution in [0.4, 0.5) is 10.2 Å². The highest BCUT2D eigenvalue weighted by atomic mass is 79.9. The quantitative estimate of drug-likeness (QED) is 0.905. The average molecular weight is 324 g/mol. The van der Waals surface area contributed by atoms with Crippen LogP contribution in [-0.4, -0.2) is 9.97 Å². The van der Waals surface area contributed by atoms with Crippen LogP contribution in [0.3, 0.4) is 0 Å². The molecule has 0 amide bonds. The molecule has 0 bridgehead atoms. The summed E-state index contributed by atoms with van der Waals surface area (Å²) in [6.45, 7) is 2.62. The highest BCUT2D eigenvalue weighted by molar-refractivity contribution is 9.10. The predicted molar refractivity (Wildman–Crippen MR) is 77.5 cm³/mol. The molecule has 0 fully saturated rings. The van der Waals surface area contributed by atoms with E-state index in [4.69, 9.17) is 0 Å². The van der Waals surface area contributed by atoms with Crippen molar-refractivity contribution in [1.29, 1.82) is 0 Å². The van der Waals surface area contributed by atoms with E-state index in [1.807, 2.05) is 6.07 Å². The molecular formula is C14H15BrFN3. The maximum atomic E-state index is 13.2. The summed E-state index contributed by atoms with van der Waals surface area (Å²) >= 11 is 3.40. The zero-order valence-electron chi connectivity index (χ0n) is 10.7. The molecule has 0 aliphatic rings. The monoisotopic (exact) mass is 323 g/mol. The van der Waals surface area contributed by atoms with Crippen LogP contribution in [0.15, 0.2) is 35.1 Å². The van der Waals surface area contributed by atoms with Crippen molar-refractivity contribution in [3.63, 3.8) is 0 Å². The fourth-order valence-electron chi connectivity index (χ4n) is 1.75. The van der Waals surface area contributed by atoms with E-state index in [1.54, 1.807) is 12.4 Å². The molecule has 1 heterocycles. The van der Waals surface area contributed by atoms with E-state index in [-0.39, 0.29) is 5.82 Å². The van der Waals surface area contributed by atoms with Gasteiger partial charge in [0.25, 0.3) is 0 Å². The van der Waals surface area contributed by atoms with E-state index in [1.165, 1.54) is 12.1 Å². The van der Waals surface area contributed by atoms with Crippen LogP contribution < -0.4 is 5.32 Å². The van der Waals surface area contributed by atoms with Gasteiger partial charge in [-0.05, 0) is 30.2 Å². The first-order chi connectivity index (χ1) is 9.19. The molecule has 2 rings (SSSR count). The minimum Gasteiger partial charge on any atom is -0.366 e. The summed E-state index contributed by atoms with van der Waals surface area (Å²) in [5.41, 5.74) is 1.87. The topological polar surface area (TPSA) is 37.8 Å². The number of nitrogens with zero attached hydrogens (tertiary/aromatic N) is 2. The molecule has 1 aromatic carbocycles. The lowest BCUT2D eigenvalue weighted by atomic mass is 10.2. The molecule has 0 saturated heterocycles. The van der Waals surface area contributed by atoms with Gasteiger partial charge in [-0.1, -0.05) is 29.3 Å². The van der Waals surface area contributed by atoms with Crippen LogP contribution in [0.5, 0.6) is 0 Å². The molecule has 2 aromatic rings. The summed E-state index contributed by atoms with van der Waals surface area (Å²) < 4.78 is 14.0. The standard InChI is InChI=1S/C14H15BrFN3/c1-2-3-12-7-14(19-9-18-12)17-8-10-6-11(16)4-5-13(10)15/h4-7,9H,2-3,8H2,1H3,(H,17,18,19). The maximum absolute atomic E-state index is 13.2. The molecule has 0 atom stereocenters. The van der Waals surface area contributed by atoms with Crippen LogP contribution in [0.25, 0.3) is 0 Å². The average Bonchev–Trinajstić information content (AvgIpc) is 2.41. The molecule has 0 unspecified atom stereocenters. The Morgan fingerprint density at radius 2 is 2.11 bits per heavy atom. The van der Waals surface area contributed by atoms with Crippen molar-refractivity contribution in [2.45, 2.75) is 26.3 Å². The Morgan fingerprint density at radius 3 is 2.89 bits per heavy atom. The maximum Gasteiger partial charge on any atom is 0.129 e. The lowest BCUT2D eigenvalue weighted by Crippen LogP contribution is -2.04. The normalized spacial score (nSPS) is 10.5. The van der Waals surface area contributed by atoms with Crippen LogP contribution in [0, 0.1) is 5.82 Å². The van der Waals surface area contributed by atoms with E-state index in [9.17, 15) is 4.39 Å². The Labute approximate surface area is 120 Å². The van der Waals surface area contributed by atoms with Gasteiger partial charge in [0.1, 0.15) is 18.0 Å². The number of aryl methyl sites for hydroxylation is 1. The SMILES string of the molecule is CCCc1cc(NCc2cc(F)ccc2Br)ncn1. The first-order valence-corrected chi connectivity index (χ1v) is 6.97. The van der Waals surface area contributed by atoms with Crippen LogP contribution >= 0.6 is 15.9 Å². The van der Waals surface area contributed by atoms with Gasteiger partial charge in [0.2, 0.25) is 0 Å². The van der Waals surface area contributed by atoms with E-state index in [0.29, 0.717) is 6.54 Å². The number of nitrogens with one attached hydrogen (secondary N) is 1. The number of anilines is 1. The largest absolute Gasteiger partial charge is 0.366 e. The van der Waals surface area contributed by atoms with Crippen LogP contribution in [-0.2, 0) is 13.0 Å². The van der Waals surface area contributed by atoms with Gasteiger partial charge >= 0.3 is 0 Å². The van der Waals surface area contributed by atoms with Crippen LogP contribution in [0.2, 0.25) is 0 Å². The molecule has 3 nitrogen and oxygen atoms in total. The highest BCUT2D eigenvalue weighted by Gasteiger charge is 2.03. The first kappa shape index (κ1) is 13.9. The van der Waals surface area contributed by atoms with Gasteiger partial charge < -0.3 is 5.32 Å². The number of rotatable bonds is 5. The van der Waals surface area contributed by atoms with E-state index in [0.717, 1.165) is 34.4 Å². The molecule has 0 radical (unpaired) electrons. The van der Waals surface area contributed by atoms with Gasteiger partial charge in [0, 0.05) is 22.8 Å². The summed E-state index contributed by atoms with van der Waals surface area (Å²) in [4.78, 5) is 8.35. The van der Waals surface area contributed by atoms with Crippen molar-refractivity contribution in [1.82, 2.24) is 9.97 Å². The van der Waals surface area contributed by atoms with Gasteiger partial charge in [0.15, 0.2) is 0 Å². The summed E-state index contributed by atoms with van der Waals surface area (Å²) in [5.74, 6) is 0.518. The van der Waals surface area contributed by atoms with Gasteiger partial charge in [-0.2, -0.15) is 0 Å². The summed E-state index contributed by atoms with van der Waals surface area (Å²) in [6.07, 6.45) is 3.53. The lowest BCUT2D eigenvalue weighted by Gasteiger charge is -2.08. The fourth-order valence-corrected chi connectivity index (χ4v) is 2.14. The molecule has 5 heteroatoms. The summed E-state index contributed by atoms with van der Waals surface area (Å²) in [6, 6.07) is 6.56. The number of aromatic nitrogens is 2. The Balaban J connectivity index is 2.05. The first-order valence-electron chi connectivity index (χ1n) is 6.17. The number of halogens is 2. The van der Waals surface area contributed by atoms with Gasteiger partial charge in [-0.3, -0.25) is 0 Å². The van der Waals surface area contributed by atoms with Crippen molar-refractivity contribution < 1.29 is 4.39 Å². The summed E-state index contributed by atoms with van der Waals surface area (Å²) in [5, 5.41) is 3.18. The Morgan fingerprint density at radius 1 is 1.26 bits per heavy atom.